The van der Waals surface area contributed by atoms with Gasteiger partial charge in [0.05, 0.1) is 25.3 Å². The molecule has 0 saturated carbocycles. The zero-order chi connectivity index (χ0) is 25.2. The van der Waals surface area contributed by atoms with Gasteiger partial charge in [-0.25, -0.2) is 0 Å². The summed E-state index contributed by atoms with van der Waals surface area (Å²) in [7, 11) is 3.15. The van der Waals surface area contributed by atoms with Crippen molar-refractivity contribution in [2.24, 2.45) is 0 Å². The number of hydrogen-bond donors (Lipinski definition) is 1. The Balaban J connectivity index is 1.49. The van der Waals surface area contributed by atoms with Crippen molar-refractivity contribution in [2.45, 2.75) is 38.8 Å². The summed E-state index contributed by atoms with van der Waals surface area (Å²) in [5.74, 6) is 1.78. The van der Waals surface area contributed by atoms with E-state index in [2.05, 4.69) is 16.0 Å². The van der Waals surface area contributed by atoms with Crippen molar-refractivity contribution in [3.05, 3.63) is 82.4 Å². The van der Waals surface area contributed by atoms with Crippen molar-refractivity contribution >= 4 is 11.9 Å². The van der Waals surface area contributed by atoms with Gasteiger partial charge in [-0.2, -0.15) is 0 Å². The number of aryl methyl sites for hydroxylation is 1. The van der Waals surface area contributed by atoms with Gasteiger partial charge < -0.3 is 19.3 Å². The predicted octanol–water partition coefficient (Wildman–Crippen LogP) is 5.46. The highest BCUT2D eigenvalue weighted by molar-refractivity contribution is 6.15. The number of phenolic OH excluding ortho intramolecular Hbond substituents is 1. The molecule has 0 spiro atoms. The van der Waals surface area contributed by atoms with Gasteiger partial charge in [0.15, 0.2) is 17.3 Å². The highest BCUT2D eigenvalue weighted by atomic mass is 16.5. The molecule has 0 amide bonds. The van der Waals surface area contributed by atoms with E-state index in [9.17, 15) is 9.90 Å². The van der Waals surface area contributed by atoms with E-state index in [4.69, 9.17) is 14.2 Å². The lowest BCUT2D eigenvalue weighted by molar-refractivity contribution is 0.101. The van der Waals surface area contributed by atoms with E-state index in [1.165, 1.54) is 0 Å². The topological polar surface area (TPSA) is 81.1 Å². The molecule has 0 unspecified atom stereocenters. The van der Waals surface area contributed by atoms with Gasteiger partial charge in [0.1, 0.15) is 11.5 Å². The number of carbonyl (C=O) groups is 1. The van der Waals surface area contributed by atoms with Crippen molar-refractivity contribution in [3.8, 4) is 23.0 Å². The van der Waals surface area contributed by atoms with Crippen molar-refractivity contribution in [2.75, 3.05) is 20.8 Å². The van der Waals surface area contributed by atoms with Gasteiger partial charge >= 0.3 is 0 Å². The minimum absolute atomic E-state index is 0.141. The van der Waals surface area contributed by atoms with Crippen LogP contribution in [0, 0.1) is 6.92 Å². The Bertz CT molecular complexity index is 1320. The first kappa shape index (κ1) is 23.9. The van der Waals surface area contributed by atoms with E-state index < -0.39 is 0 Å². The van der Waals surface area contributed by atoms with Gasteiger partial charge in [-0.3, -0.25) is 14.7 Å². The first-order valence-corrected chi connectivity index (χ1v) is 12.2. The second kappa shape index (κ2) is 10.0. The number of hydrogen-bond acceptors (Lipinski definition) is 7. The third-order valence-electron chi connectivity index (χ3n) is 6.97. The molecule has 2 aromatic carbocycles. The average molecular weight is 487 g/mol. The Kier molecular flexibility index (Phi) is 6.65. The number of phenols is 1. The molecule has 1 aromatic heterocycles. The Labute approximate surface area is 210 Å². The summed E-state index contributed by atoms with van der Waals surface area (Å²) in [4.78, 5) is 20.0. The molecule has 1 atom stereocenters. The highest BCUT2D eigenvalue weighted by Crippen LogP contribution is 2.44. The van der Waals surface area contributed by atoms with Crippen LogP contribution in [0.25, 0.3) is 6.08 Å². The number of aromatic hydroxyl groups is 1. The van der Waals surface area contributed by atoms with Crippen LogP contribution in [-0.4, -0.2) is 41.5 Å². The molecule has 0 aliphatic carbocycles. The van der Waals surface area contributed by atoms with Gasteiger partial charge in [-0.15, -0.1) is 0 Å². The maximum Gasteiger partial charge on any atom is 0.232 e. The fourth-order valence-electron chi connectivity index (χ4n) is 5.16. The third kappa shape index (κ3) is 4.42. The molecule has 7 nitrogen and oxygen atoms in total. The Hall–Kier alpha value is -3.84. The van der Waals surface area contributed by atoms with Crippen LogP contribution in [0.1, 0.15) is 57.9 Å². The number of likely N-dealkylation sites (tertiary alicyclic amines) is 1. The second-order valence-corrected chi connectivity index (χ2v) is 9.22. The number of ketones is 1. The van der Waals surface area contributed by atoms with Gasteiger partial charge in [-0.1, -0.05) is 18.6 Å². The molecule has 1 saturated heterocycles. The number of carbonyl (C=O) groups excluding carboxylic acids is 1. The summed E-state index contributed by atoms with van der Waals surface area (Å²) in [6.45, 7) is 3.19. The molecule has 7 heteroatoms. The molecular weight excluding hydrogens is 456 g/mol. The monoisotopic (exact) mass is 486 g/mol. The zero-order valence-electron chi connectivity index (χ0n) is 20.8. The summed E-state index contributed by atoms with van der Waals surface area (Å²) < 4.78 is 16.9. The normalized spacial score (nSPS) is 18.7. The fraction of sp³-hybridized carbons (Fsp3) is 0.310. The number of allylic oxidation sites excluding steroid dienone is 1. The summed E-state index contributed by atoms with van der Waals surface area (Å²) in [5.41, 5.74) is 3.74. The molecule has 2 aliphatic heterocycles. The number of benzene rings is 2. The maximum atomic E-state index is 13.4. The second-order valence-electron chi connectivity index (χ2n) is 9.22. The summed E-state index contributed by atoms with van der Waals surface area (Å²) in [5, 5.41) is 11.0. The van der Waals surface area contributed by atoms with Crippen LogP contribution in [0.2, 0.25) is 0 Å². The van der Waals surface area contributed by atoms with Crippen LogP contribution < -0.4 is 14.2 Å². The standard InChI is InChI=1S/C29H30N2O5/c1-18-13-23(32)21(17-31-12-5-4-8-22(31)20-7-6-11-30-16-20)29-27(18)28(33)26(36-29)15-19-9-10-24(34-2)25(14-19)35-3/h6-7,9-11,13-16,22,32H,4-5,8,12,17H2,1-3H3/b26-15-/t22-/m0/s1. The molecule has 1 N–H and O–H groups in total. The maximum absolute atomic E-state index is 13.4. The number of pyridine rings is 1. The van der Waals surface area contributed by atoms with E-state index >= 15 is 0 Å². The van der Waals surface area contributed by atoms with Crippen LogP contribution >= 0.6 is 0 Å². The zero-order valence-corrected chi connectivity index (χ0v) is 20.8. The van der Waals surface area contributed by atoms with E-state index in [0.717, 1.165) is 36.9 Å². The molecule has 2 aliphatic rings. The van der Waals surface area contributed by atoms with Crippen molar-refractivity contribution in [1.82, 2.24) is 9.88 Å². The summed E-state index contributed by atoms with van der Waals surface area (Å²) in [6, 6.07) is 11.3. The van der Waals surface area contributed by atoms with Crippen LogP contribution in [0.15, 0.2) is 54.6 Å². The van der Waals surface area contributed by atoms with E-state index in [1.807, 2.05) is 25.3 Å². The number of fused-ring (bicyclic) bond motifs is 1. The predicted molar refractivity (Wildman–Crippen MR) is 137 cm³/mol. The quantitative estimate of drug-likeness (QED) is 0.464. The molecule has 3 aromatic rings. The first-order valence-electron chi connectivity index (χ1n) is 12.2. The van der Waals surface area contributed by atoms with Gasteiger partial charge in [0.2, 0.25) is 5.78 Å². The molecule has 3 heterocycles. The minimum Gasteiger partial charge on any atom is -0.507 e. The molecule has 186 valence electrons. The van der Waals surface area contributed by atoms with E-state index in [-0.39, 0.29) is 23.3 Å². The van der Waals surface area contributed by atoms with Crippen LogP contribution in [0.4, 0.5) is 0 Å². The molecular formula is C29H30N2O5. The van der Waals surface area contributed by atoms with Crippen molar-refractivity contribution in [3.63, 3.8) is 0 Å². The van der Waals surface area contributed by atoms with Crippen LogP contribution in [0.5, 0.6) is 23.0 Å². The first-order chi connectivity index (χ1) is 17.5. The molecule has 36 heavy (non-hydrogen) atoms. The SMILES string of the molecule is COc1ccc(/C=C2\Oc3c(CN4CCCC[C@H]4c4cccnc4)c(O)cc(C)c3C2=O)cc1OC. The fourth-order valence-corrected chi connectivity index (χ4v) is 5.16. The van der Waals surface area contributed by atoms with Gasteiger partial charge in [-0.05, 0) is 73.3 Å². The molecule has 0 bridgehead atoms. The number of ether oxygens (including phenoxy) is 3. The summed E-state index contributed by atoms with van der Waals surface area (Å²) in [6.07, 6.45) is 8.62. The lowest BCUT2D eigenvalue weighted by Crippen LogP contribution is -2.33. The van der Waals surface area contributed by atoms with E-state index in [0.29, 0.717) is 40.5 Å². The van der Waals surface area contributed by atoms with Crippen molar-refractivity contribution < 1.29 is 24.1 Å². The molecule has 5 rings (SSSR count). The van der Waals surface area contributed by atoms with Crippen LogP contribution in [0.3, 0.4) is 0 Å². The Morgan fingerprint density at radius 3 is 2.75 bits per heavy atom. The van der Waals surface area contributed by atoms with E-state index in [1.54, 1.807) is 44.7 Å². The average Bonchev–Trinajstić information content (AvgIpc) is 3.23. The lowest BCUT2D eigenvalue weighted by Gasteiger charge is -2.36. The highest BCUT2D eigenvalue weighted by Gasteiger charge is 2.35. The summed E-state index contributed by atoms with van der Waals surface area (Å²) >= 11 is 0. The number of Topliss-reactive ketones (excluding diaryl/α,β-unsaturated/α-hetero) is 1. The third-order valence-corrected chi connectivity index (χ3v) is 6.97. The Morgan fingerprint density at radius 1 is 1.17 bits per heavy atom. The number of piperidine rings is 1. The van der Waals surface area contributed by atoms with Gasteiger partial charge in [0.25, 0.3) is 0 Å². The van der Waals surface area contributed by atoms with Crippen molar-refractivity contribution in [1.29, 1.82) is 0 Å². The molecule has 0 radical (unpaired) electrons. The number of methoxy groups -OCH3 is 2. The smallest absolute Gasteiger partial charge is 0.232 e. The van der Waals surface area contributed by atoms with Crippen LogP contribution in [-0.2, 0) is 6.54 Å². The molecule has 1 fully saturated rings. The number of aromatic nitrogens is 1. The number of nitrogens with zero attached hydrogens (tertiary/aromatic N) is 2. The largest absolute Gasteiger partial charge is 0.507 e. The number of rotatable bonds is 6. The minimum atomic E-state index is -0.194. The van der Waals surface area contributed by atoms with Gasteiger partial charge in [0, 0.05) is 25.0 Å². The Morgan fingerprint density at radius 2 is 2.00 bits per heavy atom. The lowest BCUT2D eigenvalue weighted by atomic mass is 9.94.